The summed E-state index contributed by atoms with van der Waals surface area (Å²) in [5.74, 6) is 1.04. The zero-order valence-electron chi connectivity index (χ0n) is 29.6. The van der Waals surface area contributed by atoms with Crippen LogP contribution >= 0.6 is 0 Å². The van der Waals surface area contributed by atoms with Crippen LogP contribution in [0.3, 0.4) is 0 Å². The van der Waals surface area contributed by atoms with Gasteiger partial charge in [-0.1, -0.05) is 72.4 Å². The lowest BCUT2D eigenvalue weighted by Crippen LogP contribution is -2.59. The van der Waals surface area contributed by atoms with E-state index >= 15 is 0 Å². The summed E-state index contributed by atoms with van der Waals surface area (Å²) in [7, 11) is -0.770. The zero-order chi connectivity index (χ0) is 35.0. The van der Waals surface area contributed by atoms with Crippen LogP contribution in [0.25, 0.3) is 0 Å². The summed E-state index contributed by atoms with van der Waals surface area (Å²) >= 11 is 0. The van der Waals surface area contributed by atoms with Crippen LogP contribution in [0.15, 0.2) is 55.1 Å². The number of fused-ring (bicyclic) bond motifs is 1. The molecular formula is C37H54N2O8Si. The van der Waals surface area contributed by atoms with E-state index in [2.05, 4.69) is 48.1 Å². The summed E-state index contributed by atoms with van der Waals surface area (Å²) in [6.45, 7) is 19.3. The number of hydrogen-bond acceptors (Lipinski definition) is 7. The van der Waals surface area contributed by atoms with Crippen molar-refractivity contribution in [3.63, 3.8) is 0 Å². The predicted octanol–water partition coefficient (Wildman–Crippen LogP) is 7.24. The average molecular weight is 683 g/mol. The monoisotopic (exact) mass is 682 g/mol. The Morgan fingerprint density at radius 3 is 2.31 bits per heavy atom. The van der Waals surface area contributed by atoms with Gasteiger partial charge in [0.1, 0.15) is 18.1 Å². The maximum absolute atomic E-state index is 12.8. The van der Waals surface area contributed by atoms with Gasteiger partial charge < -0.3 is 38.3 Å². The van der Waals surface area contributed by atoms with Gasteiger partial charge in [0.25, 0.3) is 5.91 Å². The van der Waals surface area contributed by atoms with E-state index < -0.39 is 26.6 Å². The standard InChI is InChI=1S/C37H54N2O8Si/c1-9-18-44-30-14-12-29(13-15-30)36-33(21-38(37(41)42)22-34(36)47-48(25(2)3,26(4)5)27(6)7)45-23-28-11-16-32-31(20-28)39(17-10-19-43-8)35(40)24-46-32/h9,11-16,20,25-27,33-34,36H,1,10,17-19,21-24H2,2-8H3,(H,41,42)/t33-,34+,36+/m0/s1. The highest BCUT2D eigenvalue weighted by molar-refractivity contribution is 6.77. The molecular weight excluding hydrogens is 628 g/mol. The van der Waals surface area contributed by atoms with Crippen LogP contribution in [0.4, 0.5) is 10.5 Å². The number of carboxylic acid groups (broad SMARTS) is 1. The van der Waals surface area contributed by atoms with Crippen molar-refractivity contribution in [3.8, 4) is 11.5 Å². The normalized spacial score (nSPS) is 19.9. The number of carbonyl (C=O) groups is 2. The molecule has 0 aromatic heterocycles. The van der Waals surface area contributed by atoms with Crippen molar-refractivity contribution in [2.24, 2.45) is 0 Å². The first-order chi connectivity index (χ1) is 22.9. The number of amides is 2. The molecule has 0 bridgehead atoms. The number of anilines is 1. The zero-order valence-corrected chi connectivity index (χ0v) is 30.6. The Labute approximate surface area is 287 Å². The van der Waals surface area contributed by atoms with Gasteiger partial charge in [-0.05, 0) is 58.4 Å². The second kappa shape index (κ2) is 16.8. The summed E-state index contributed by atoms with van der Waals surface area (Å²) in [5, 5.41) is 10.3. The summed E-state index contributed by atoms with van der Waals surface area (Å²) in [6, 6.07) is 13.7. The Morgan fingerprint density at radius 1 is 1.04 bits per heavy atom. The van der Waals surface area contributed by atoms with Crippen LogP contribution < -0.4 is 14.4 Å². The first-order valence-electron chi connectivity index (χ1n) is 17.1. The maximum atomic E-state index is 12.8. The minimum atomic E-state index is -2.42. The summed E-state index contributed by atoms with van der Waals surface area (Å²) in [6.07, 6.45) is 0.503. The largest absolute Gasteiger partial charge is 0.490 e. The van der Waals surface area contributed by atoms with Gasteiger partial charge in [-0.25, -0.2) is 4.79 Å². The van der Waals surface area contributed by atoms with E-state index in [0.717, 1.165) is 16.9 Å². The molecule has 2 aromatic carbocycles. The Balaban J connectivity index is 1.70. The van der Waals surface area contributed by atoms with Crippen LogP contribution in [0.1, 0.15) is 65.0 Å². The SMILES string of the molecule is C=CCOc1ccc([C@@H]2[C@@H](OCc3ccc4c(c3)N(CCCOC)C(=O)CO4)CN(C(=O)O)C[C@H]2O[Si](C(C)C)(C(C)C)C(C)C)cc1. The smallest absolute Gasteiger partial charge is 0.407 e. The van der Waals surface area contributed by atoms with Gasteiger partial charge >= 0.3 is 6.09 Å². The molecule has 2 aliphatic rings. The number of ether oxygens (including phenoxy) is 4. The van der Waals surface area contributed by atoms with Gasteiger partial charge in [-0.15, -0.1) is 0 Å². The number of rotatable bonds is 16. The quantitative estimate of drug-likeness (QED) is 0.112. The third kappa shape index (κ3) is 8.42. The van der Waals surface area contributed by atoms with Gasteiger partial charge in [0.05, 0.1) is 31.0 Å². The first kappa shape index (κ1) is 37.4. The molecule has 48 heavy (non-hydrogen) atoms. The Hall–Kier alpha value is -3.38. The third-order valence-electron chi connectivity index (χ3n) is 9.73. The molecule has 0 unspecified atom stereocenters. The molecule has 0 saturated carbocycles. The van der Waals surface area contributed by atoms with Gasteiger partial charge in [0, 0.05) is 32.7 Å². The fourth-order valence-corrected chi connectivity index (χ4v) is 13.2. The van der Waals surface area contributed by atoms with E-state index in [-0.39, 0.29) is 38.1 Å². The fraction of sp³-hybridized carbons (Fsp3) is 0.568. The topological polar surface area (TPSA) is 107 Å². The Morgan fingerprint density at radius 2 is 1.71 bits per heavy atom. The van der Waals surface area contributed by atoms with E-state index in [4.69, 9.17) is 23.4 Å². The third-order valence-corrected chi connectivity index (χ3v) is 15.9. The number of benzene rings is 2. The Bertz CT molecular complexity index is 1360. The van der Waals surface area contributed by atoms with E-state index in [1.807, 2.05) is 42.5 Å². The molecule has 2 amide bonds. The lowest BCUT2D eigenvalue weighted by molar-refractivity contribution is -0.121. The molecule has 2 aliphatic heterocycles. The highest BCUT2D eigenvalue weighted by Crippen LogP contribution is 2.46. The Kier molecular flexibility index (Phi) is 13.1. The summed E-state index contributed by atoms with van der Waals surface area (Å²) in [4.78, 5) is 28.5. The number of methoxy groups -OCH3 is 1. The van der Waals surface area contributed by atoms with E-state index in [1.54, 1.807) is 18.1 Å². The van der Waals surface area contributed by atoms with Crippen LogP contribution in [0, 0.1) is 0 Å². The molecule has 264 valence electrons. The average Bonchev–Trinajstić information content (AvgIpc) is 3.05. The lowest BCUT2D eigenvalue weighted by Gasteiger charge is -2.50. The molecule has 4 rings (SSSR count). The highest BCUT2D eigenvalue weighted by Gasteiger charge is 2.51. The molecule has 0 radical (unpaired) electrons. The molecule has 10 nitrogen and oxygen atoms in total. The van der Waals surface area contributed by atoms with Crippen molar-refractivity contribution in [3.05, 3.63) is 66.2 Å². The van der Waals surface area contributed by atoms with Crippen molar-refractivity contribution in [1.29, 1.82) is 0 Å². The van der Waals surface area contributed by atoms with Crippen molar-refractivity contribution in [1.82, 2.24) is 4.90 Å². The molecule has 1 fully saturated rings. The summed E-state index contributed by atoms with van der Waals surface area (Å²) in [5.41, 5.74) is 3.53. The van der Waals surface area contributed by atoms with Crippen LogP contribution in [0.5, 0.6) is 11.5 Å². The van der Waals surface area contributed by atoms with Gasteiger partial charge in [-0.2, -0.15) is 0 Å². The maximum Gasteiger partial charge on any atom is 0.407 e. The van der Waals surface area contributed by atoms with Crippen molar-refractivity contribution >= 4 is 26.0 Å². The number of carbonyl (C=O) groups excluding carboxylic acids is 1. The minimum absolute atomic E-state index is 0.00263. The molecule has 0 aliphatic carbocycles. The second-order valence-corrected chi connectivity index (χ2v) is 19.1. The second-order valence-electron chi connectivity index (χ2n) is 13.7. The molecule has 2 heterocycles. The lowest BCUT2D eigenvalue weighted by atomic mass is 9.84. The number of nitrogens with zero attached hydrogens (tertiary/aromatic N) is 2. The number of piperidine rings is 1. The molecule has 3 atom stereocenters. The number of likely N-dealkylation sites (tertiary alicyclic amines) is 1. The van der Waals surface area contributed by atoms with Crippen molar-refractivity contribution in [2.45, 2.75) is 89.3 Å². The van der Waals surface area contributed by atoms with Crippen LogP contribution in [-0.4, -0.2) is 89.1 Å². The van der Waals surface area contributed by atoms with Gasteiger partial charge in [-0.3, -0.25) is 4.79 Å². The number of hydrogen-bond donors (Lipinski definition) is 1. The van der Waals surface area contributed by atoms with E-state index in [0.29, 0.717) is 54.2 Å². The molecule has 2 aromatic rings. The van der Waals surface area contributed by atoms with Crippen molar-refractivity contribution in [2.75, 3.05) is 51.5 Å². The van der Waals surface area contributed by atoms with E-state index in [1.165, 1.54) is 4.90 Å². The minimum Gasteiger partial charge on any atom is -0.490 e. The molecule has 11 heteroatoms. The molecule has 0 spiro atoms. The van der Waals surface area contributed by atoms with Crippen LogP contribution in [-0.2, 0) is 25.3 Å². The fourth-order valence-electron chi connectivity index (χ4n) is 7.59. The van der Waals surface area contributed by atoms with Gasteiger partial charge in [0.2, 0.25) is 8.32 Å². The molecule has 1 saturated heterocycles. The van der Waals surface area contributed by atoms with Crippen LogP contribution in [0.2, 0.25) is 16.6 Å². The highest BCUT2D eigenvalue weighted by atomic mass is 28.4. The first-order valence-corrected chi connectivity index (χ1v) is 19.2. The predicted molar refractivity (Wildman–Crippen MR) is 190 cm³/mol. The van der Waals surface area contributed by atoms with Crippen molar-refractivity contribution < 1.29 is 38.1 Å². The van der Waals surface area contributed by atoms with Gasteiger partial charge in [0.15, 0.2) is 6.61 Å². The molecule has 1 N–H and O–H groups in total. The van der Waals surface area contributed by atoms with E-state index in [9.17, 15) is 14.7 Å². The summed E-state index contributed by atoms with van der Waals surface area (Å²) < 4.78 is 30.8.